The fourth-order valence-electron chi connectivity index (χ4n) is 3.32. The molecular weight excluding hydrogens is 518 g/mol. The van der Waals surface area contributed by atoms with E-state index < -0.39 is 28.8 Å². The van der Waals surface area contributed by atoms with Crippen LogP contribution in [0, 0.1) is 11.6 Å². The first-order valence-electron chi connectivity index (χ1n) is 10.1. The van der Waals surface area contributed by atoms with Crippen molar-refractivity contribution in [2.75, 3.05) is 4.31 Å². The summed E-state index contributed by atoms with van der Waals surface area (Å²) < 4.78 is 61.1. The van der Waals surface area contributed by atoms with E-state index in [4.69, 9.17) is 11.6 Å². The Balaban J connectivity index is 1.66. The van der Waals surface area contributed by atoms with Crippen molar-refractivity contribution in [1.29, 1.82) is 0 Å². The van der Waals surface area contributed by atoms with Gasteiger partial charge in [-0.3, -0.25) is 13.3 Å². The normalized spacial score (nSPS) is 11.8. The van der Waals surface area contributed by atoms with Gasteiger partial charge in [0.1, 0.15) is 17.3 Å². The van der Waals surface area contributed by atoms with Crippen molar-refractivity contribution in [3.63, 3.8) is 0 Å². The molecule has 0 saturated carbocycles. The van der Waals surface area contributed by atoms with Gasteiger partial charge in [0.2, 0.25) is 0 Å². The highest BCUT2D eigenvalue weighted by Crippen LogP contribution is 2.34. The van der Waals surface area contributed by atoms with E-state index in [-0.39, 0.29) is 34.2 Å². The number of hydrogen-bond acceptors (Lipinski definition) is 6. The van der Waals surface area contributed by atoms with Crippen LogP contribution in [-0.4, -0.2) is 23.4 Å². The van der Waals surface area contributed by atoms with Crippen LogP contribution >= 0.6 is 23.3 Å². The maximum absolute atomic E-state index is 14.0. The summed E-state index contributed by atoms with van der Waals surface area (Å²) in [4.78, 5) is 13.0. The number of nitrogens with zero attached hydrogens (tertiary/aromatic N) is 3. The molecule has 180 valence electrons. The van der Waals surface area contributed by atoms with Crippen LogP contribution in [0.2, 0.25) is 5.02 Å². The Morgan fingerprint density at radius 3 is 2.57 bits per heavy atom. The van der Waals surface area contributed by atoms with Gasteiger partial charge in [0.05, 0.1) is 34.2 Å². The molecule has 1 amide bonds. The van der Waals surface area contributed by atoms with Gasteiger partial charge in [-0.1, -0.05) is 48.0 Å². The Hall–Kier alpha value is -3.25. The third kappa shape index (κ3) is 5.88. The highest BCUT2D eigenvalue weighted by atomic mass is 35.5. The number of nitrogens with one attached hydrogen (secondary N) is 1. The summed E-state index contributed by atoms with van der Waals surface area (Å²) in [5.41, 5.74) is 1.26. The third-order valence-electron chi connectivity index (χ3n) is 4.97. The zero-order valence-electron chi connectivity index (χ0n) is 17.8. The average molecular weight is 534 g/mol. The molecule has 0 radical (unpaired) electrons. The number of rotatable bonds is 8. The fourth-order valence-corrected chi connectivity index (χ4v) is 4.71. The first kappa shape index (κ1) is 24.9. The molecule has 0 bridgehead atoms. The van der Waals surface area contributed by atoms with Crippen molar-refractivity contribution in [3.8, 4) is 0 Å². The van der Waals surface area contributed by atoms with Crippen molar-refractivity contribution in [1.82, 2.24) is 14.1 Å². The number of halogens is 3. The number of carbonyl (C=O) groups is 1. The second-order valence-electron chi connectivity index (χ2n) is 7.29. The highest BCUT2D eigenvalue weighted by molar-refractivity contribution is 7.81. The fraction of sp³-hybridized carbons (Fsp3) is 0.0870. The van der Waals surface area contributed by atoms with E-state index in [0.717, 1.165) is 27.7 Å². The van der Waals surface area contributed by atoms with Gasteiger partial charge in [0, 0.05) is 29.6 Å². The van der Waals surface area contributed by atoms with Crippen LogP contribution in [0.5, 0.6) is 0 Å². The largest absolute Gasteiger partial charge is 0.755 e. The second kappa shape index (κ2) is 11.0. The van der Waals surface area contributed by atoms with Crippen molar-refractivity contribution in [2.24, 2.45) is 0 Å². The summed E-state index contributed by atoms with van der Waals surface area (Å²) in [6.45, 7) is -0.255. The van der Waals surface area contributed by atoms with E-state index in [2.05, 4.69) is 14.1 Å². The van der Waals surface area contributed by atoms with Gasteiger partial charge >= 0.3 is 0 Å². The monoisotopic (exact) mass is 533 g/mol. The zero-order chi connectivity index (χ0) is 24.9. The Morgan fingerprint density at radius 2 is 1.86 bits per heavy atom. The third-order valence-corrected chi connectivity index (χ3v) is 6.43. The quantitative estimate of drug-likeness (QED) is 0.324. The van der Waals surface area contributed by atoms with Crippen LogP contribution < -0.4 is 9.62 Å². The van der Waals surface area contributed by atoms with Crippen LogP contribution in [0.25, 0.3) is 0 Å². The lowest BCUT2D eigenvalue weighted by atomic mass is 10.1. The van der Waals surface area contributed by atoms with Crippen LogP contribution in [0.3, 0.4) is 0 Å². The molecule has 0 aliphatic rings. The molecule has 1 N–H and O–H groups in total. The number of amides is 1. The number of anilines is 2. The minimum absolute atomic E-state index is 0.0122. The average Bonchev–Trinajstić information content (AvgIpc) is 3.27. The molecule has 0 aliphatic heterocycles. The van der Waals surface area contributed by atoms with Gasteiger partial charge in [0.15, 0.2) is 5.82 Å². The molecule has 12 heteroatoms. The smallest absolute Gasteiger partial charge is 0.253 e. The Labute approximate surface area is 211 Å². The maximum Gasteiger partial charge on any atom is 0.253 e. The summed E-state index contributed by atoms with van der Waals surface area (Å²) >= 11 is 4.06. The van der Waals surface area contributed by atoms with Gasteiger partial charge in [-0.15, -0.1) is 0 Å². The summed E-state index contributed by atoms with van der Waals surface area (Å²) in [6, 6.07) is 16.4. The topological polar surface area (TPSA) is 98.2 Å². The molecule has 1 atom stereocenters. The molecule has 7 nitrogen and oxygen atoms in total. The van der Waals surface area contributed by atoms with Gasteiger partial charge in [-0.2, -0.15) is 8.75 Å². The molecule has 35 heavy (non-hydrogen) atoms. The molecule has 1 heterocycles. The molecule has 1 aromatic heterocycles. The number of benzene rings is 3. The molecule has 0 spiro atoms. The van der Waals surface area contributed by atoms with Crippen LogP contribution in [0.1, 0.15) is 27.2 Å². The van der Waals surface area contributed by atoms with Gasteiger partial charge in [-0.25, -0.2) is 8.78 Å². The number of carbonyl (C=O) groups excluding carboxylic acids is 1. The first-order valence-corrected chi connectivity index (χ1v) is 12.2. The predicted octanol–water partition coefficient (Wildman–Crippen LogP) is 4.92. The first-order chi connectivity index (χ1) is 16.8. The molecule has 0 saturated heterocycles. The summed E-state index contributed by atoms with van der Waals surface area (Å²) in [5, 5.41) is 2.70. The Bertz CT molecular complexity index is 1390. The van der Waals surface area contributed by atoms with E-state index >= 15 is 0 Å². The molecule has 4 aromatic rings. The summed E-state index contributed by atoms with van der Waals surface area (Å²) in [5.74, 6) is -2.23. The molecule has 0 fully saturated rings. The minimum Gasteiger partial charge on any atom is -0.755 e. The molecule has 4 rings (SSSR count). The van der Waals surface area contributed by atoms with E-state index in [1.807, 2.05) is 30.3 Å². The molecule has 3 aromatic carbocycles. The lowest BCUT2D eigenvalue weighted by molar-refractivity contribution is 0.0951. The summed E-state index contributed by atoms with van der Waals surface area (Å²) in [6.07, 6.45) is 0.319. The molecule has 0 aliphatic carbocycles. The predicted molar refractivity (Wildman–Crippen MR) is 129 cm³/mol. The highest BCUT2D eigenvalue weighted by Gasteiger charge is 2.24. The zero-order valence-corrected chi connectivity index (χ0v) is 20.2. The Morgan fingerprint density at radius 1 is 1.09 bits per heavy atom. The molecule has 1 unspecified atom stereocenters. The second-order valence-corrected chi connectivity index (χ2v) is 9.05. The molecular formula is C23H16ClF2N4O3S2-. The van der Waals surface area contributed by atoms with Crippen LogP contribution in [0.15, 0.2) is 66.7 Å². The van der Waals surface area contributed by atoms with Crippen molar-refractivity contribution >= 4 is 52.0 Å². The lowest BCUT2D eigenvalue weighted by Crippen LogP contribution is -2.28. The van der Waals surface area contributed by atoms with E-state index in [1.165, 1.54) is 24.3 Å². The van der Waals surface area contributed by atoms with Crippen molar-refractivity contribution < 1.29 is 22.3 Å². The van der Waals surface area contributed by atoms with Gasteiger partial charge in [0.25, 0.3) is 5.91 Å². The maximum atomic E-state index is 14.0. The van der Waals surface area contributed by atoms with Crippen molar-refractivity contribution in [2.45, 2.75) is 13.0 Å². The van der Waals surface area contributed by atoms with Crippen LogP contribution in [0.4, 0.5) is 20.3 Å². The van der Waals surface area contributed by atoms with Crippen LogP contribution in [-0.2, 0) is 24.2 Å². The number of aromatic nitrogens is 2. The standard InChI is InChI=1S/C23H17ClF2N4O3S2/c24-16-7-9-21(18(11-16)23(31)27-13-15-6-8-17(25)12-19(15)26)30(35(32)33)22-20(28-34-29-22)10-14-4-2-1-3-5-14/h1-9,11-12H,10,13H2,(H,27,31)(H,32,33)/p-1. The van der Waals surface area contributed by atoms with E-state index in [9.17, 15) is 22.3 Å². The van der Waals surface area contributed by atoms with E-state index in [1.54, 1.807) is 0 Å². The summed E-state index contributed by atoms with van der Waals surface area (Å²) in [7, 11) is 0. The van der Waals surface area contributed by atoms with E-state index in [0.29, 0.717) is 18.2 Å². The van der Waals surface area contributed by atoms with Gasteiger partial charge < -0.3 is 9.87 Å². The van der Waals surface area contributed by atoms with Gasteiger partial charge in [-0.05, 0) is 29.8 Å². The number of hydrogen-bond donors (Lipinski definition) is 1. The SMILES string of the molecule is O=C(NCc1ccc(F)cc1F)c1cc(Cl)ccc1N(c1nsnc1Cc1ccccc1)S(=O)[O-]. The minimum atomic E-state index is -2.87. The Kier molecular flexibility index (Phi) is 7.81. The lowest BCUT2D eigenvalue weighted by Gasteiger charge is -2.27. The van der Waals surface area contributed by atoms with Crippen molar-refractivity contribution in [3.05, 3.63) is 106 Å².